The van der Waals surface area contributed by atoms with Gasteiger partial charge < -0.3 is 18.9 Å². The number of hydrogen-bond acceptors (Lipinski definition) is 5. The second-order valence-electron chi connectivity index (χ2n) is 7.26. The molecule has 0 radical (unpaired) electrons. The molecular weight excluding hydrogens is 284 g/mol. The smallest absolute Gasteiger partial charge is 0.244 e. The lowest BCUT2D eigenvalue weighted by atomic mass is 9.90. The van der Waals surface area contributed by atoms with Crippen LogP contribution in [0.25, 0.3) is 0 Å². The van der Waals surface area contributed by atoms with Gasteiger partial charge in [0.05, 0.1) is 17.4 Å². The third kappa shape index (κ3) is 2.73. The molecule has 1 fully saturated rings. The number of hydrogen-bond donors (Lipinski definition) is 0. The summed E-state index contributed by atoms with van der Waals surface area (Å²) in [6.07, 6.45) is 4.92. The summed E-state index contributed by atoms with van der Waals surface area (Å²) in [6, 6.07) is 0. The van der Waals surface area contributed by atoms with Gasteiger partial charge in [-0.15, -0.1) is 0 Å². The SMILES string of the molecule is CC1(C)OC=C(Cn2cc(C3OC(C)(C)C(C)(C)O3)cn2)O1. The van der Waals surface area contributed by atoms with Gasteiger partial charge in [-0.05, 0) is 27.7 Å². The zero-order chi connectivity index (χ0) is 16.2. The van der Waals surface area contributed by atoms with Crippen molar-refractivity contribution in [2.45, 2.75) is 71.4 Å². The molecule has 2 aliphatic rings. The van der Waals surface area contributed by atoms with Gasteiger partial charge in [-0.3, -0.25) is 4.68 Å². The van der Waals surface area contributed by atoms with Crippen LogP contribution in [0.2, 0.25) is 0 Å². The summed E-state index contributed by atoms with van der Waals surface area (Å²) in [5, 5.41) is 4.35. The Hall–Kier alpha value is -1.53. The van der Waals surface area contributed by atoms with Crippen LogP contribution >= 0.6 is 0 Å². The summed E-state index contributed by atoms with van der Waals surface area (Å²) in [5.41, 5.74) is 0.195. The molecule has 0 saturated carbocycles. The van der Waals surface area contributed by atoms with Crippen molar-refractivity contribution < 1.29 is 18.9 Å². The van der Waals surface area contributed by atoms with Crippen LogP contribution in [0.15, 0.2) is 24.4 Å². The lowest BCUT2D eigenvalue weighted by Gasteiger charge is -2.30. The number of nitrogens with zero attached hydrogens (tertiary/aromatic N) is 2. The van der Waals surface area contributed by atoms with Crippen molar-refractivity contribution in [2.24, 2.45) is 0 Å². The van der Waals surface area contributed by atoms with E-state index in [0.29, 0.717) is 6.54 Å². The van der Waals surface area contributed by atoms with Crippen LogP contribution in [0, 0.1) is 0 Å². The fourth-order valence-corrected chi connectivity index (χ4v) is 2.37. The first-order valence-electron chi connectivity index (χ1n) is 7.52. The van der Waals surface area contributed by atoms with Crippen LogP contribution in [0.3, 0.4) is 0 Å². The molecule has 1 aromatic rings. The van der Waals surface area contributed by atoms with Gasteiger partial charge in [0.15, 0.2) is 12.0 Å². The lowest BCUT2D eigenvalue weighted by molar-refractivity contribution is -0.118. The molecule has 0 aliphatic carbocycles. The molecule has 0 spiro atoms. The number of rotatable bonds is 3. The molecular formula is C16H24N2O4. The lowest BCUT2D eigenvalue weighted by Crippen LogP contribution is -2.41. The molecule has 3 heterocycles. The average Bonchev–Trinajstić information content (AvgIpc) is 2.99. The molecule has 0 unspecified atom stereocenters. The number of ether oxygens (including phenoxy) is 4. The average molecular weight is 308 g/mol. The van der Waals surface area contributed by atoms with Crippen molar-refractivity contribution in [1.29, 1.82) is 0 Å². The van der Waals surface area contributed by atoms with Gasteiger partial charge in [0.25, 0.3) is 0 Å². The van der Waals surface area contributed by atoms with Crippen LogP contribution < -0.4 is 0 Å². The minimum atomic E-state index is -0.600. The molecule has 2 aliphatic heterocycles. The molecule has 0 bridgehead atoms. The van der Waals surface area contributed by atoms with Crippen LogP contribution in [-0.4, -0.2) is 26.8 Å². The van der Waals surface area contributed by atoms with E-state index in [1.54, 1.807) is 17.1 Å². The predicted molar refractivity (Wildman–Crippen MR) is 79.6 cm³/mol. The summed E-state index contributed by atoms with van der Waals surface area (Å²) in [5.74, 6) is 0.144. The minimum absolute atomic E-state index is 0.352. The zero-order valence-electron chi connectivity index (χ0n) is 14.0. The molecule has 0 amide bonds. The second-order valence-corrected chi connectivity index (χ2v) is 7.26. The molecule has 0 aromatic carbocycles. The van der Waals surface area contributed by atoms with E-state index in [2.05, 4.69) is 5.10 Å². The van der Waals surface area contributed by atoms with E-state index in [-0.39, 0.29) is 11.2 Å². The molecule has 6 heteroatoms. The fraction of sp³-hybridized carbons (Fsp3) is 0.688. The summed E-state index contributed by atoms with van der Waals surface area (Å²) >= 11 is 0. The number of allylic oxidation sites excluding steroid dienone is 1. The summed E-state index contributed by atoms with van der Waals surface area (Å²) in [7, 11) is 0. The van der Waals surface area contributed by atoms with Crippen molar-refractivity contribution in [3.8, 4) is 0 Å². The maximum absolute atomic E-state index is 6.02. The quantitative estimate of drug-likeness (QED) is 0.859. The van der Waals surface area contributed by atoms with Gasteiger partial charge in [0.1, 0.15) is 12.8 Å². The van der Waals surface area contributed by atoms with Crippen LogP contribution in [0.1, 0.15) is 53.4 Å². The Balaban J connectivity index is 1.68. The van der Waals surface area contributed by atoms with E-state index in [4.69, 9.17) is 18.9 Å². The van der Waals surface area contributed by atoms with Gasteiger partial charge in [-0.2, -0.15) is 5.10 Å². The molecule has 3 rings (SSSR count). The van der Waals surface area contributed by atoms with Gasteiger partial charge >= 0.3 is 0 Å². The first-order valence-corrected chi connectivity index (χ1v) is 7.52. The van der Waals surface area contributed by atoms with E-state index < -0.39 is 12.1 Å². The van der Waals surface area contributed by atoms with Crippen LogP contribution in [-0.2, 0) is 25.5 Å². The molecule has 22 heavy (non-hydrogen) atoms. The standard InChI is InChI=1S/C16H24N2O4/c1-14(2)15(3,4)22-13(21-14)11-7-17-18(8-11)9-12-10-19-16(5,6)20-12/h7-8,10,13H,9H2,1-6H3. The number of aromatic nitrogens is 2. The molecule has 6 nitrogen and oxygen atoms in total. The first-order chi connectivity index (χ1) is 10.1. The van der Waals surface area contributed by atoms with Crippen molar-refractivity contribution in [3.05, 3.63) is 30.0 Å². The van der Waals surface area contributed by atoms with Crippen molar-refractivity contribution in [1.82, 2.24) is 9.78 Å². The van der Waals surface area contributed by atoms with Crippen LogP contribution in [0.4, 0.5) is 0 Å². The largest absolute Gasteiger partial charge is 0.457 e. The maximum atomic E-state index is 6.02. The van der Waals surface area contributed by atoms with E-state index >= 15 is 0 Å². The highest BCUT2D eigenvalue weighted by Gasteiger charge is 2.49. The molecule has 1 aromatic heterocycles. The summed E-state index contributed by atoms with van der Waals surface area (Å²) in [4.78, 5) is 0. The van der Waals surface area contributed by atoms with Crippen molar-refractivity contribution in [2.75, 3.05) is 0 Å². The van der Waals surface area contributed by atoms with Gasteiger partial charge in [0.2, 0.25) is 5.79 Å². The molecule has 0 N–H and O–H groups in total. The van der Waals surface area contributed by atoms with Crippen molar-refractivity contribution >= 4 is 0 Å². The van der Waals surface area contributed by atoms with Crippen LogP contribution in [0.5, 0.6) is 0 Å². The molecule has 0 atom stereocenters. The monoisotopic (exact) mass is 308 g/mol. The minimum Gasteiger partial charge on any atom is -0.457 e. The maximum Gasteiger partial charge on any atom is 0.244 e. The van der Waals surface area contributed by atoms with Gasteiger partial charge in [-0.25, -0.2) is 0 Å². The van der Waals surface area contributed by atoms with E-state index in [1.165, 1.54) is 0 Å². The molecule has 122 valence electrons. The first kappa shape index (κ1) is 15.4. The van der Waals surface area contributed by atoms with Gasteiger partial charge in [-0.1, -0.05) is 0 Å². The second kappa shape index (κ2) is 4.73. The van der Waals surface area contributed by atoms with Gasteiger partial charge in [0, 0.05) is 25.6 Å². The predicted octanol–water partition coefficient (Wildman–Crippen LogP) is 3.11. The zero-order valence-corrected chi connectivity index (χ0v) is 14.0. The van der Waals surface area contributed by atoms with Crippen molar-refractivity contribution in [3.63, 3.8) is 0 Å². The van der Waals surface area contributed by atoms with E-state index in [9.17, 15) is 0 Å². The van der Waals surface area contributed by atoms with E-state index in [1.807, 2.05) is 47.7 Å². The van der Waals surface area contributed by atoms with E-state index in [0.717, 1.165) is 11.3 Å². The normalized spacial score (nSPS) is 25.6. The Kier molecular flexibility index (Phi) is 3.30. The summed E-state index contributed by atoms with van der Waals surface area (Å²) < 4.78 is 24.9. The Morgan fingerprint density at radius 3 is 2.27 bits per heavy atom. The highest BCUT2D eigenvalue weighted by molar-refractivity contribution is 5.11. The Morgan fingerprint density at radius 2 is 1.73 bits per heavy atom. The fourth-order valence-electron chi connectivity index (χ4n) is 2.37. The third-order valence-electron chi connectivity index (χ3n) is 4.35. The Labute approximate surface area is 131 Å². The Bertz CT molecular complexity index is 585. The molecule has 1 saturated heterocycles. The topological polar surface area (TPSA) is 54.7 Å². The third-order valence-corrected chi connectivity index (χ3v) is 4.35. The Morgan fingerprint density at radius 1 is 1.09 bits per heavy atom. The summed E-state index contributed by atoms with van der Waals surface area (Å²) in [6.45, 7) is 12.4. The highest BCUT2D eigenvalue weighted by Crippen LogP contribution is 2.44. The highest BCUT2D eigenvalue weighted by atomic mass is 16.7.